The third kappa shape index (κ3) is 5.39. The summed E-state index contributed by atoms with van der Waals surface area (Å²) in [5, 5.41) is 1.01. The number of nitrogens with zero attached hydrogens (tertiary/aromatic N) is 2. The molecular formula is C28H27ClN2O3S. The number of anilines is 1. The van der Waals surface area contributed by atoms with Crippen molar-refractivity contribution in [3.8, 4) is 11.5 Å². The molecule has 0 saturated carbocycles. The molecule has 1 aliphatic heterocycles. The fraction of sp³-hybridized carbons (Fsp3) is 0.214. The molecule has 1 heterocycles. The van der Waals surface area contributed by atoms with Gasteiger partial charge in [-0.05, 0) is 83.8 Å². The highest BCUT2D eigenvalue weighted by atomic mass is 35.5. The predicted molar refractivity (Wildman–Crippen MR) is 146 cm³/mol. The number of amidine groups is 1. The maximum atomic E-state index is 13.6. The number of carbonyl (C=O) groups is 1. The highest BCUT2D eigenvalue weighted by Crippen LogP contribution is 2.40. The molecule has 0 spiro atoms. The van der Waals surface area contributed by atoms with Gasteiger partial charge in [0.25, 0.3) is 5.91 Å². The number of hydrogen-bond donors (Lipinski definition) is 0. The van der Waals surface area contributed by atoms with Crippen LogP contribution >= 0.6 is 23.4 Å². The Hall–Kier alpha value is -3.22. The van der Waals surface area contributed by atoms with Gasteiger partial charge in [-0.25, -0.2) is 4.99 Å². The lowest BCUT2D eigenvalue weighted by molar-refractivity contribution is -0.113. The summed E-state index contributed by atoms with van der Waals surface area (Å²) in [6.45, 7) is 4.22. The average molecular weight is 507 g/mol. The van der Waals surface area contributed by atoms with Crippen molar-refractivity contribution in [3.63, 3.8) is 0 Å². The first-order chi connectivity index (χ1) is 17.0. The van der Waals surface area contributed by atoms with Crippen LogP contribution in [0.4, 0.5) is 11.4 Å². The standard InChI is InChI=1S/C28H27ClN2O3S/c1-5-18-7-11-21(12-8-18)30-28-31(22-13-9-19(6-2)10-14-22)27(32)25(35-28)17-20-15-23(29)26(34-4)24(16-20)33-3/h7-17H,5-6H2,1-4H3/b25-17-,30-28?. The zero-order valence-corrected chi connectivity index (χ0v) is 21.7. The third-order valence-electron chi connectivity index (χ3n) is 5.73. The number of carbonyl (C=O) groups excluding carboxylic acids is 1. The second kappa shape index (κ2) is 11.0. The number of thioether (sulfide) groups is 1. The van der Waals surface area contributed by atoms with Crippen molar-refractivity contribution in [2.75, 3.05) is 19.1 Å². The van der Waals surface area contributed by atoms with Gasteiger partial charge in [-0.15, -0.1) is 0 Å². The van der Waals surface area contributed by atoms with Gasteiger partial charge >= 0.3 is 0 Å². The molecule has 3 aromatic rings. The van der Waals surface area contributed by atoms with Crippen molar-refractivity contribution in [1.29, 1.82) is 0 Å². The summed E-state index contributed by atoms with van der Waals surface area (Å²) in [5.74, 6) is 0.811. The quantitative estimate of drug-likeness (QED) is 0.316. The molecule has 5 nitrogen and oxygen atoms in total. The Labute approximate surface area is 215 Å². The van der Waals surface area contributed by atoms with Gasteiger partial charge in [0.15, 0.2) is 16.7 Å². The number of hydrogen-bond acceptors (Lipinski definition) is 5. The number of benzene rings is 3. The van der Waals surface area contributed by atoms with Crippen LogP contribution in [0.1, 0.15) is 30.5 Å². The van der Waals surface area contributed by atoms with Crippen molar-refractivity contribution in [3.05, 3.63) is 87.3 Å². The van der Waals surface area contributed by atoms with Crippen LogP contribution in [-0.4, -0.2) is 25.3 Å². The minimum absolute atomic E-state index is 0.144. The van der Waals surface area contributed by atoms with Gasteiger partial charge in [-0.2, -0.15) is 0 Å². The lowest BCUT2D eigenvalue weighted by atomic mass is 10.1. The number of aliphatic imine (C=N–C) groups is 1. The molecule has 0 radical (unpaired) electrons. The summed E-state index contributed by atoms with van der Waals surface area (Å²) in [4.78, 5) is 20.6. The van der Waals surface area contributed by atoms with E-state index in [-0.39, 0.29) is 5.91 Å². The largest absolute Gasteiger partial charge is 0.493 e. The van der Waals surface area contributed by atoms with Crippen molar-refractivity contribution in [2.24, 2.45) is 4.99 Å². The van der Waals surface area contributed by atoms with E-state index < -0.39 is 0 Å². The number of aryl methyl sites for hydroxylation is 2. The van der Waals surface area contributed by atoms with Crippen molar-refractivity contribution in [2.45, 2.75) is 26.7 Å². The molecular weight excluding hydrogens is 480 g/mol. The van der Waals surface area contributed by atoms with Gasteiger partial charge in [0.05, 0.1) is 35.5 Å². The average Bonchev–Trinajstić information content (AvgIpc) is 3.18. The SMILES string of the molecule is CCc1ccc(N=C2S/C(=C\c3cc(Cl)c(OC)c(OC)c3)C(=O)N2c2ccc(CC)cc2)cc1. The van der Waals surface area contributed by atoms with Gasteiger partial charge in [0.2, 0.25) is 0 Å². The number of halogens is 1. The van der Waals surface area contributed by atoms with Gasteiger partial charge in [0, 0.05) is 0 Å². The van der Waals surface area contributed by atoms with Crippen LogP contribution in [0.5, 0.6) is 11.5 Å². The Morgan fingerprint density at radius 2 is 1.57 bits per heavy atom. The molecule has 1 amide bonds. The minimum atomic E-state index is -0.144. The molecule has 1 saturated heterocycles. The molecule has 7 heteroatoms. The van der Waals surface area contributed by atoms with E-state index in [1.807, 2.05) is 36.4 Å². The Morgan fingerprint density at radius 1 is 0.943 bits per heavy atom. The summed E-state index contributed by atoms with van der Waals surface area (Å²) in [6, 6.07) is 19.6. The fourth-order valence-corrected chi connectivity index (χ4v) is 5.04. The maximum absolute atomic E-state index is 13.6. The molecule has 4 rings (SSSR count). The summed E-state index contributed by atoms with van der Waals surface area (Å²) >= 11 is 7.72. The van der Waals surface area contributed by atoms with E-state index in [2.05, 4.69) is 26.0 Å². The number of amides is 1. The third-order valence-corrected chi connectivity index (χ3v) is 6.98. The molecule has 35 heavy (non-hydrogen) atoms. The summed E-state index contributed by atoms with van der Waals surface area (Å²) in [6.07, 6.45) is 3.69. The molecule has 3 aromatic carbocycles. The van der Waals surface area contributed by atoms with Crippen LogP contribution in [0.2, 0.25) is 5.02 Å². The highest BCUT2D eigenvalue weighted by molar-refractivity contribution is 8.19. The van der Waals surface area contributed by atoms with Crippen LogP contribution in [0.3, 0.4) is 0 Å². The number of ether oxygens (including phenoxy) is 2. The van der Waals surface area contributed by atoms with E-state index >= 15 is 0 Å². The number of rotatable bonds is 7. The summed E-state index contributed by atoms with van der Waals surface area (Å²) in [7, 11) is 3.09. The normalized spacial score (nSPS) is 15.8. The van der Waals surface area contributed by atoms with Crippen molar-refractivity contribution in [1.82, 2.24) is 0 Å². The lowest BCUT2D eigenvalue weighted by Crippen LogP contribution is -2.28. The molecule has 1 aliphatic rings. The van der Waals surface area contributed by atoms with Crippen LogP contribution in [0, 0.1) is 0 Å². The van der Waals surface area contributed by atoms with E-state index in [4.69, 9.17) is 26.1 Å². The first-order valence-corrected chi connectivity index (χ1v) is 12.6. The Kier molecular flexibility index (Phi) is 7.83. The molecule has 0 unspecified atom stereocenters. The number of methoxy groups -OCH3 is 2. The van der Waals surface area contributed by atoms with Crippen molar-refractivity contribution >= 4 is 51.9 Å². The van der Waals surface area contributed by atoms with Crippen LogP contribution in [0.25, 0.3) is 6.08 Å². The fourth-order valence-electron chi connectivity index (χ4n) is 3.75. The molecule has 180 valence electrons. The smallest absolute Gasteiger partial charge is 0.271 e. The highest BCUT2D eigenvalue weighted by Gasteiger charge is 2.35. The van der Waals surface area contributed by atoms with Crippen molar-refractivity contribution < 1.29 is 14.3 Å². The van der Waals surface area contributed by atoms with Crippen LogP contribution in [-0.2, 0) is 17.6 Å². The molecule has 0 bridgehead atoms. The Balaban J connectivity index is 1.77. The zero-order chi connectivity index (χ0) is 24.9. The van der Waals surface area contributed by atoms with Gasteiger partial charge in [-0.1, -0.05) is 49.7 Å². The molecule has 0 aliphatic carbocycles. The first kappa shape index (κ1) is 24.9. The van der Waals surface area contributed by atoms with Gasteiger partial charge < -0.3 is 9.47 Å². The molecule has 0 atom stereocenters. The van der Waals surface area contributed by atoms with E-state index in [1.54, 1.807) is 30.2 Å². The van der Waals surface area contributed by atoms with E-state index in [0.29, 0.717) is 26.6 Å². The van der Waals surface area contributed by atoms with E-state index in [0.717, 1.165) is 29.8 Å². The van der Waals surface area contributed by atoms with Crippen LogP contribution in [0.15, 0.2) is 70.6 Å². The maximum Gasteiger partial charge on any atom is 0.271 e. The summed E-state index contributed by atoms with van der Waals surface area (Å²) < 4.78 is 10.7. The minimum Gasteiger partial charge on any atom is -0.493 e. The predicted octanol–water partition coefficient (Wildman–Crippen LogP) is 7.29. The summed E-state index contributed by atoms with van der Waals surface area (Å²) in [5.41, 5.74) is 4.75. The van der Waals surface area contributed by atoms with Gasteiger partial charge in [0.1, 0.15) is 0 Å². The monoisotopic (exact) mass is 506 g/mol. The Bertz CT molecular complexity index is 1280. The Morgan fingerprint density at radius 3 is 2.14 bits per heavy atom. The lowest BCUT2D eigenvalue weighted by Gasteiger charge is -2.16. The van der Waals surface area contributed by atoms with E-state index in [9.17, 15) is 4.79 Å². The zero-order valence-electron chi connectivity index (χ0n) is 20.2. The molecule has 0 N–H and O–H groups in total. The van der Waals surface area contributed by atoms with Gasteiger partial charge in [-0.3, -0.25) is 9.69 Å². The van der Waals surface area contributed by atoms with Crippen LogP contribution < -0.4 is 14.4 Å². The second-order valence-corrected chi connectivity index (χ2v) is 9.34. The first-order valence-electron chi connectivity index (χ1n) is 11.4. The topological polar surface area (TPSA) is 51.1 Å². The van der Waals surface area contributed by atoms with E-state index in [1.165, 1.54) is 30.0 Å². The molecule has 0 aromatic heterocycles. The second-order valence-electron chi connectivity index (χ2n) is 7.92. The molecule has 1 fully saturated rings.